The van der Waals surface area contributed by atoms with E-state index in [-0.39, 0.29) is 5.91 Å². The molecule has 0 saturated carbocycles. The average Bonchev–Trinajstić information content (AvgIpc) is 2.83. The van der Waals surface area contributed by atoms with E-state index < -0.39 is 0 Å². The number of ether oxygens (including phenoxy) is 2. The highest BCUT2D eigenvalue weighted by Crippen LogP contribution is 2.30. The highest BCUT2D eigenvalue weighted by Gasteiger charge is 2.15. The van der Waals surface area contributed by atoms with E-state index >= 15 is 0 Å². The minimum Gasteiger partial charge on any atom is -0.497 e. The molecule has 0 atom stereocenters. The lowest BCUT2D eigenvalue weighted by molar-refractivity contribution is -0.125. The van der Waals surface area contributed by atoms with Gasteiger partial charge in [-0.25, -0.2) is 0 Å². The van der Waals surface area contributed by atoms with Gasteiger partial charge < -0.3 is 14.4 Å². The molecule has 4 heteroatoms. The molecular formula is C18H25NO3. The van der Waals surface area contributed by atoms with Crippen LogP contribution < -0.4 is 9.47 Å². The molecule has 1 amide bonds. The first-order valence-corrected chi connectivity index (χ1v) is 7.85. The first-order chi connectivity index (χ1) is 10.7. The van der Waals surface area contributed by atoms with Crippen molar-refractivity contribution in [3.63, 3.8) is 0 Å². The van der Waals surface area contributed by atoms with E-state index in [9.17, 15) is 4.79 Å². The molecule has 0 spiro atoms. The Labute approximate surface area is 132 Å². The van der Waals surface area contributed by atoms with Gasteiger partial charge in [-0.05, 0) is 37.5 Å². The van der Waals surface area contributed by atoms with Gasteiger partial charge in [0.25, 0.3) is 0 Å². The Hall–Kier alpha value is -1.97. The summed E-state index contributed by atoms with van der Waals surface area (Å²) >= 11 is 0. The Kier molecular flexibility index (Phi) is 5.87. The van der Waals surface area contributed by atoms with Crippen LogP contribution in [0.4, 0.5) is 0 Å². The van der Waals surface area contributed by atoms with Crippen LogP contribution in [-0.2, 0) is 4.79 Å². The number of amides is 1. The van der Waals surface area contributed by atoms with Crippen molar-refractivity contribution in [2.45, 2.75) is 32.6 Å². The molecule has 2 rings (SSSR count). The van der Waals surface area contributed by atoms with Gasteiger partial charge in [0.05, 0.1) is 14.2 Å². The Bertz CT molecular complexity index is 543. The number of allylic oxidation sites excluding steroid dienone is 1. The fourth-order valence-corrected chi connectivity index (χ4v) is 2.77. The van der Waals surface area contributed by atoms with Gasteiger partial charge in [0.15, 0.2) is 0 Å². The van der Waals surface area contributed by atoms with E-state index in [1.807, 2.05) is 30.0 Å². The quantitative estimate of drug-likeness (QED) is 0.799. The maximum Gasteiger partial charge on any atom is 0.246 e. The predicted octanol–water partition coefficient (Wildman–Crippen LogP) is 3.51. The number of hydrogen-bond donors (Lipinski definition) is 0. The number of rotatable bonds is 4. The maximum atomic E-state index is 12.4. The lowest BCUT2D eigenvalue weighted by atomic mass is 10.1. The van der Waals surface area contributed by atoms with Crippen molar-refractivity contribution in [1.29, 1.82) is 0 Å². The van der Waals surface area contributed by atoms with Gasteiger partial charge in [-0.15, -0.1) is 0 Å². The molecule has 0 N–H and O–H groups in total. The van der Waals surface area contributed by atoms with Gasteiger partial charge >= 0.3 is 0 Å². The lowest BCUT2D eigenvalue weighted by Crippen LogP contribution is -2.30. The second-order valence-corrected chi connectivity index (χ2v) is 5.63. The number of nitrogens with zero attached hydrogens (tertiary/aromatic N) is 1. The molecule has 1 fully saturated rings. The van der Waals surface area contributed by atoms with Crippen molar-refractivity contribution < 1.29 is 14.3 Å². The van der Waals surface area contributed by atoms with Gasteiger partial charge in [0, 0.05) is 30.8 Å². The third-order valence-corrected chi connectivity index (χ3v) is 4.09. The van der Waals surface area contributed by atoms with Crippen molar-refractivity contribution in [2.24, 2.45) is 0 Å². The summed E-state index contributed by atoms with van der Waals surface area (Å²) in [4.78, 5) is 14.4. The van der Waals surface area contributed by atoms with Crippen LogP contribution >= 0.6 is 0 Å². The Morgan fingerprint density at radius 1 is 1.09 bits per heavy atom. The van der Waals surface area contributed by atoms with Gasteiger partial charge in [-0.1, -0.05) is 12.8 Å². The molecule has 1 aromatic rings. The number of carbonyl (C=O) groups excluding carboxylic acids is 1. The largest absolute Gasteiger partial charge is 0.497 e. The van der Waals surface area contributed by atoms with Crippen LogP contribution in [0.15, 0.2) is 24.3 Å². The predicted molar refractivity (Wildman–Crippen MR) is 88.2 cm³/mol. The molecular weight excluding hydrogens is 278 g/mol. The summed E-state index contributed by atoms with van der Waals surface area (Å²) in [5, 5.41) is 0. The third-order valence-electron chi connectivity index (χ3n) is 4.09. The first kappa shape index (κ1) is 16.4. The van der Waals surface area contributed by atoms with Crippen molar-refractivity contribution in [3.8, 4) is 11.5 Å². The minimum absolute atomic E-state index is 0.0947. The first-order valence-electron chi connectivity index (χ1n) is 7.85. The van der Waals surface area contributed by atoms with Crippen molar-refractivity contribution in [2.75, 3.05) is 27.3 Å². The summed E-state index contributed by atoms with van der Waals surface area (Å²) in [5.74, 6) is 1.56. The summed E-state index contributed by atoms with van der Waals surface area (Å²) in [6.07, 6.45) is 6.36. The lowest BCUT2D eigenvalue weighted by Gasteiger charge is -2.19. The highest BCUT2D eigenvalue weighted by atomic mass is 16.5. The van der Waals surface area contributed by atoms with Crippen LogP contribution in [0.2, 0.25) is 0 Å². The van der Waals surface area contributed by atoms with E-state index in [0.29, 0.717) is 0 Å². The average molecular weight is 303 g/mol. The zero-order valence-electron chi connectivity index (χ0n) is 13.7. The number of methoxy groups -OCH3 is 2. The molecule has 1 heterocycles. The number of likely N-dealkylation sites (tertiary alicyclic amines) is 1. The third kappa shape index (κ3) is 4.03. The van der Waals surface area contributed by atoms with Gasteiger partial charge in [0.2, 0.25) is 5.91 Å². The molecule has 120 valence electrons. The van der Waals surface area contributed by atoms with Gasteiger partial charge in [0.1, 0.15) is 11.5 Å². The molecule has 1 aromatic carbocycles. The Morgan fingerprint density at radius 3 is 2.36 bits per heavy atom. The summed E-state index contributed by atoms with van der Waals surface area (Å²) in [5.41, 5.74) is 1.83. The zero-order valence-corrected chi connectivity index (χ0v) is 13.7. The zero-order chi connectivity index (χ0) is 15.9. The summed E-state index contributed by atoms with van der Waals surface area (Å²) in [6.45, 7) is 3.67. The molecule has 1 saturated heterocycles. The molecule has 0 aromatic heterocycles. The molecule has 22 heavy (non-hydrogen) atoms. The molecule has 0 bridgehead atoms. The summed E-state index contributed by atoms with van der Waals surface area (Å²) in [6, 6.07) is 5.65. The van der Waals surface area contributed by atoms with E-state index in [0.717, 1.165) is 48.6 Å². The molecule has 1 aliphatic heterocycles. The standard InChI is InChI=1S/C18H25NO3/c1-14(12-18(20)19-10-6-4-5-7-11-19)16-9-8-15(21-2)13-17(16)22-3/h8-9,12-13H,4-7,10-11H2,1-3H3/b14-12+. The van der Waals surface area contributed by atoms with Crippen LogP contribution in [0.3, 0.4) is 0 Å². The van der Waals surface area contributed by atoms with Crippen LogP contribution in [0.5, 0.6) is 11.5 Å². The van der Waals surface area contributed by atoms with E-state index in [1.54, 1.807) is 20.3 Å². The summed E-state index contributed by atoms with van der Waals surface area (Å²) < 4.78 is 10.6. The van der Waals surface area contributed by atoms with Crippen LogP contribution in [0, 0.1) is 0 Å². The van der Waals surface area contributed by atoms with Crippen molar-refractivity contribution >= 4 is 11.5 Å². The van der Waals surface area contributed by atoms with Crippen LogP contribution in [-0.4, -0.2) is 38.1 Å². The summed E-state index contributed by atoms with van der Waals surface area (Å²) in [7, 11) is 3.25. The monoisotopic (exact) mass is 303 g/mol. The van der Waals surface area contributed by atoms with Gasteiger partial charge in [-0.3, -0.25) is 4.79 Å². The smallest absolute Gasteiger partial charge is 0.246 e. The maximum absolute atomic E-state index is 12.4. The molecule has 4 nitrogen and oxygen atoms in total. The van der Waals surface area contributed by atoms with Crippen LogP contribution in [0.1, 0.15) is 38.2 Å². The molecule has 0 radical (unpaired) electrons. The fourth-order valence-electron chi connectivity index (χ4n) is 2.77. The fraction of sp³-hybridized carbons (Fsp3) is 0.500. The van der Waals surface area contributed by atoms with Crippen LogP contribution in [0.25, 0.3) is 5.57 Å². The van der Waals surface area contributed by atoms with Crippen molar-refractivity contribution in [1.82, 2.24) is 4.90 Å². The number of carbonyl (C=O) groups is 1. The number of benzene rings is 1. The van der Waals surface area contributed by atoms with E-state index in [1.165, 1.54) is 12.8 Å². The van der Waals surface area contributed by atoms with Gasteiger partial charge in [-0.2, -0.15) is 0 Å². The SMILES string of the molecule is COc1ccc(/C(C)=C/C(=O)N2CCCCCC2)c(OC)c1. The molecule has 0 aliphatic carbocycles. The van der Waals surface area contributed by atoms with E-state index in [2.05, 4.69) is 0 Å². The number of hydrogen-bond acceptors (Lipinski definition) is 3. The molecule has 0 unspecified atom stereocenters. The minimum atomic E-state index is 0.0947. The normalized spacial score (nSPS) is 16.1. The highest BCUT2D eigenvalue weighted by molar-refractivity contribution is 5.95. The topological polar surface area (TPSA) is 38.8 Å². The second kappa shape index (κ2) is 7.87. The molecule has 1 aliphatic rings. The van der Waals surface area contributed by atoms with E-state index in [4.69, 9.17) is 9.47 Å². The van der Waals surface area contributed by atoms with Crippen molar-refractivity contribution in [3.05, 3.63) is 29.8 Å². The second-order valence-electron chi connectivity index (χ2n) is 5.63. The Balaban J connectivity index is 2.18. The Morgan fingerprint density at radius 2 is 1.77 bits per heavy atom.